The summed E-state index contributed by atoms with van der Waals surface area (Å²) in [4.78, 5) is 29.5. The zero-order valence-electron chi connectivity index (χ0n) is 18.1. The number of hydrogen-bond donors (Lipinski definition) is 1. The van der Waals surface area contributed by atoms with E-state index >= 15 is 0 Å². The zero-order chi connectivity index (χ0) is 21.3. The third-order valence-corrected chi connectivity index (χ3v) is 6.22. The van der Waals surface area contributed by atoms with E-state index < -0.39 is 0 Å². The summed E-state index contributed by atoms with van der Waals surface area (Å²) in [7, 11) is 0. The smallest absolute Gasteiger partial charge is 0.257 e. The van der Waals surface area contributed by atoms with E-state index in [0.717, 1.165) is 19.3 Å². The number of para-hydroxylation sites is 1. The van der Waals surface area contributed by atoms with E-state index in [9.17, 15) is 9.59 Å². The maximum atomic E-state index is 13.3. The van der Waals surface area contributed by atoms with Gasteiger partial charge in [0, 0.05) is 36.8 Å². The lowest BCUT2D eigenvalue weighted by Gasteiger charge is -2.33. The van der Waals surface area contributed by atoms with Crippen molar-refractivity contribution in [3.8, 4) is 0 Å². The second-order valence-electron chi connectivity index (χ2n) is 8.82. The number of nitrogens with zero attached hydrogens (tertiary/aromatic N) is 2. The second-order valence-corrected chi connectivity index (χ2v) is 8.82. The molecule has 1 N–H and O–H groups in total. The Kier molecular flexibility index (Phi) is 5.84. The van der Waals surface area contributed by atoms with Crippen LogP contribution in [0.3, 0.4) is 0 Å². The minimum atomic E-state index is -0.0538. The normalized spacial score (nSPS) is 21.1. The molecule has 3 heterocycles. The van der Waals surface area contributed by atoms with Gasteiger partial charge in [-0.2, -0.15) is 0 Å². The number of hydrogen-bond acceptors (Lipinski definition) is 4. The van der Waals surface area contributed by atoms with Crippen molar-refractivity contribution in [3.63, 3.8) is 0 Å². The standard InChI is InChI=1S/C24H31N3O3/c1-16(2)23(28)25-19-8-6-11-26(14-19)24(29)20-10-12-30-22(20)15-27-17(3)13-18-7-4-5-9-21(18)27/h4-5,7,9-10,12,16-17,19H,6,8,11,13-15H2,1-3H3,(H,25,28). The van der Waals surface area contributed by atoms with Gasteiger partial charge in [-0.3, -0.25) is 9.59 Å². The fraction of sp³-hybridized carbons (Fsp3) is 0.500. The van der Waals surface area contributed by atoms with Gasteiger partial charge in [-0.1, -0.05) is 32.0 Å². The summed E-state index contributed by atoms with van der Waals surface area (Å²) < 4.78 is 5.77. The lowest BCUT2D eigenvalue weighted by Crippen LogP contribution is -2.50. The van der Waals surface area contributed by atoms with Crippen LogP contribution in [-0.4, -0.2) is 41.9 Å². The SMILES string of the molecule is CC(C)C(=O)NC1CCCN(C(=O)c2ccoc2CN2c3ccccc3CC2C)C1. The fourth-order valence-electron chi connectivity index (χ4n) is 4.50. The molecule has 1 saturated heterocycles. The Morgan fingerprint density at radius 2 is 2.03 bits per heavy atom. The largest absolute Gasteiger partial charge is 0.467 e. The number of fused-ring (bicyclic) bond motifs is 1. The third kappa shape index (κ3) is 4.09. The van der Waals surface area contributed by atoms with Crippen molar-refractivity contribution < 1.29 is 14.0 Å². The van der Waals surface area contributed by atoms with Crippen LogP contribution in [0.25, 0.3) is 0 Å². The number of carbonyl (C=O) groups is 2. The van der Waals surface area contributed by atoms with Gasteiger partial charge in [-0.25, -0.2) is 0 Å². The Hall–Kier alpha value is -2.76. The number of amides is 2. The Labute approximate surface area is 178 Å². The van der Waals surface area contributed by atoms with Gasteiger partial charge in [0.05, 0.1) is 18.4 Å². The molecule has 2 amide bonds. The van der Waals surface area contributed by atoms with Gasteiger partial charge < -0.3 is 19.5 Å². The molecule has 0 aliphatic carbocycles. The van der Waals surface area contributed by atoms with Crippen LogP contribution in [0.2, 0.25) is 0 Å². The average molecular weight is 410 g/mol. The first-order valence-electron chi connectivity index (χ1n) is 10.9. The molecule has 1 aromatic carbocycles. The fourth-order valence-corrected chi connectivity index (χ4v) is 4.50. The monoisotopic (exact) mass is 409 g/mol. The van der Waals surface area contributed by atoms with Gasteiger partial charge in [-0.05, 0) is 43.9 Å². The number of likely N-dealkylation sites (tertiary alicyclic amines) is 1. The van der Waals surface area contributed by atoms with Crippen LogP contribution >= 0.6 is 0 Å². The van der Waals surface area contributed by atoms with Crippen LogP contribution in [0.1, 0.15) is 55.3 Å². The molecule has 2 aliphatic rings. The van der Waals surface area contributed by atoms with E-state index in [2.05, 4.69) is 41.4 Å². The van der Waals surface area contributed by atoms with E-state index in [1.165, 1.54) is 11.3 Å². The molecule has 2 unspecified atom stereocenters. The van der Waals surface area contributed by atoms with Crippen molar-refractivity contribution in [2.24, 2.45) is 5.92 Å². The van der Waals surface area contributed by atoms with Crippen molar-refractivity contribution in [1.82, 2.24) is 10.2 Å². The highest BCUT2D eigenvalue weighted by Crippen LogP contribution is 2.33. The van der Waals surface area contributed by atoms with Crippen LogP contribution in [-0.2, 0) is 17.8 Å². The molecule has 1 aromatic heterocycles. The molecular formula is C24H31N3O3. The number of carbonyl (C=O) groups excluding carboxylic acids is 2. The van der Waals surface area contributed by atoms with Gasteiger partial charge in [0.1, 0.15) is 5.76 Å². The molecular weight excluding hydrogens is 378 g/mol. The van der Waals surface area contributed by atoms with Gasteiger partial charge in [0.25, 0.3) is 5.91 Å². The van der Waals surface area contributed by atoms with Crippen molar-refractivity contribution in [2.45, 2.75) is 58.7 Å². The molecule has 1 fully saturated rings. The van der Waals surface area contributed by atoms with E-state index in [4.69, 9.17) is 4.42 Å². The molecule has 160 valence electrons. The van der Waals surface area contributed by atoms with Gasteiger partial charge in [0.15, 0.2) is 0 Å². The second kappa shape index (κ2) is 8.54. The first-order valence-corrected chi connectivity index (χ1v) is 10.9. The number of benzene rings is 1. The molecule has 6 nitrogen and oxygen atoms in total. The summed E-state index contributed by atoms with van der Waals surface area (Å²) in [6.07, 6.45) is 4.40. The summed E-state index contributed by atoms with van der Waals surface area (Å²) in [5, 5.41) is 3.07. The Balaban J connectivity index is 1.46. The quantitative estimate of drug-likeness (QED) is 0.819. The lowest BCUT2D eigenvalue weighted by atomic mass is 10.0. The number of nitrogens with one attached hydrogen (secondary N) is 1. The summed E-state index contributed by atoms with van der Waals surface area (Å²) in [6.45, 7) is 7.81. The van der Waals surface area contributed by atoms with E-state index in [1.807, 2.05) is 18.7 Å². The third-order valence-electron chi connectivity index (χ3n) is 6.22. The maximum Gasteiger partial charge on any atom is 0.257 e. The van der Waals surface area contributed by atoms with Crippen molar-refractivity contribution in [1.29, 1.82) is 0 Å². The van der Waals surface area contributed by atoms with Crippen LogP contribution < -0.4 is 10.2 Å². The summed E-state index contributed by atoms with van der Waals surface area (Å²) in [6, 6.07) is 10.6. The Morgan fingerprint density at radius 1 is 1.23 bits per heavy atom. The number of anilines is 1. The van der Waals surface area contributed by atoms with Crippen LogP contribution in [0.4, 0.5) is 5.69 Å². The predicted octanol–water partition coefficient (Wildman–Crippen LogP) is 3.61. The summed E-state index contributed by atoms with van der Waals surface area (Å²) in [5.74, 6) is 0.682. The molecule has 2 aliphatic heterocycles. The van der Waals surface area contributed by atoms with Crippen molar-refractivity contribution in [2.75, 3.05) is 18.0 Å². The molecule has 4 rings (SSSR count). The van der Waals surface area contributed by atoms with Crippen molar-refractivity contribution >= 4 is 17.5 Å². The minimum absolute atomic E-state index is 0.0117. The molecule has 0 saturated carbocycles. The lowest BCUT2D eigenvalue weighted by molar-refractivity contribution is -0.125. The number of piperidine rings is 1. The molecule has 6 heteroatoms. The Morgan fingerprint density at radius 3 is 2.83 bits per heavy atom. The van der Waals surface area contributed by atoms with Crippen LogP contribution in [0, 0.1) is 5.92 Å². The highest BCUT2D eigenvalue weighted by atomic mass is 16.3. The zero-order valence-corrected chi connectivity index (χ0v) is 18.1. The van der Waals surface area contributed by atoms with E-state index in [0.29, 0.717) is 37.0 Å². The molecule has 2 aromatic rings. The minimum Gasteiger partial charge on any atom is -0.467 e. The molecule has 30 heavy (non-hydrogen) atoms. The predicted molar refractivity (Wildman–Crippen MR) is 116 cm³/mol. The summed E-state index contributed by atoms with van der Waals surface area (Å²) in [5.41, 5.74) is 3.18. The van der Waals surface area contributed by atoms with Crippen molar-refractivity contribution in [3.05, 3.63) is 53.5 Å². The van der Waals surface area contributed by atoms with E-state index in [1.54, 1.807) is 12.3 Å². The molecule has 0 spiro atoms. The molecule has 2 atom stereocenters. The van der Waals surface area contributed by atoms with Gasteiger partial charge >= 0.3 is 0 Å². The first kappa shape index (κ1) is 20.5. The average Bonchev–Trinajstić information content (AvgIpc) is 3.32. The van der Waals surface area contributed by atoms with Crippen LogP contribution in [0.15, 0.2) is 41.0 Å². The van der Waals surface area contributed by atoms with Crippen LogP contribution in [0.5, 0.6) is 0 Å². The topological polar surface area (TPSA) is 65.8 Å². The number of rotatable bonds is 5. The van der Waals surface area contributed by atoms with Gasteiger partial charge in [0.2, 0.25) is 5.91 Å². The number of furan rings is 1. The van der Waals surface area contributed by atoms with E-state index in [-0.39, 0.29) is 23.8 Å². The van der Waals surface area contributed by atoms with Gasteiger partial charge in [-0.15, -0.1) is 0 Å². The maximum absolute atomic E-state index is 13.3. The summed E-state index contributed by atoms with van der Waals surface area (Å²) >= 11 is 0. The highest BCUT2D eigenvalue weighted by Gasteiger charge is 2.31. The molecule has 0 bridgehead atoms. The Bertz CT molecular complexity index is 920. The first-order chi connectivity index (χ1) is 14.4. The molecule has 0 radical (unpaired) electrons. The highest BCUT2D eigenvalue weighted by molar-refractivity contribution is 5.95.